The maximum absolute atomic E-state index is 2.49. The van der Waals surface area contributed by atoms with Crippen molar-refractivity contribution in [3.8, 4) is 33.4 Å². The first-order valence-corrected chi connectivity index (χ1v) is 14.4. The molecule has 0 saturated carbocycles. The van der Waals surface area contributed by atoms with Crippen molar-refractivity contribution in [3.63, 3.8) is 0 Å². The summed E-state index contributed by atoms with van der Waals surface area (Å²) in [6.45, 7) is 2.26. The molecule has 0 amide bonds. The molecule has 1 spiro atoms. The van der Waals surface area contributed by atoms with Crippen molar-refractivity contribution in [3.05, 3.63) is 155 Å². The molecule has 1 atom stereocenters. The first-order valence-electron chi connectivity index (χ1n) is 13.6. The molecule has 182 valence electrons. The number of hydrogen-bond donors (Lipinski definition) is 0. The summed E-state index contributed by atoms with van der Waals surface area (Å²) in [5.74, 6) is 0. The minimum absolute atomic E-state index is 0.306. The highest BCUT2D eigenvalue weighted by molar-refractivity contribution is 7.25. The van der Waals surface area contributed by atoms with Crippen LogP contribution in [-0.4, -0.2) is 0 Å². The summed E-state index contributed by atoms with van der Waals surface area (Å²) in [6.07, 6.45) is 0. The van der Waals surface area contributed by atoms with Gasteiger partial charge in [-0.1, -0.05) is 103 Å². The quantitative estimate of drug-likeness (QED) is 0.205. The van der Waals surface area contributed by atoms with Crippen LogP contribution in [0.15, 0.2) is 127 Å². The summed E-state index contributed by atoms with van der Waals surface area (Å²) in [7, 11) is 0. The molecule has 0 radical (unpaired) electrons. The molecule has 1 aromatic heterocycles. The van der Waals surface area contributed by atoms with Crippen molar-refractivity contribution in [2.45, 2.75) is 12.3 Å². The monoisotopic (exact) mass is 512 g/mol. The Morgan fingerprint density at radius 1 is 0.462 bits per heavy atom. The molecule has 1 heteroatoms. The summed E-state index contributed by atoms with van der Waals surface area (Å²) in [4.78, 5) is 0. The molecular formula is C38H24S. The number of benzene rings is 6. The first-order chi connectivity index (χ1) is 19.2. The predicted octanol–water partition coefficient (Wildman–Crippen LogP) is 10.4. The zero-order valence-corrected chi connectivity index (χ0v) is 22.3. The third-order valence-corrected chi connectivity index (χ3v) is 10.2. The van der Waals surface area contributed by atoms with Gasteiger partial charge in [0.25, 0.3) is 0 Å². The van der Waals surface area contributed by atoms with Crippen LogP contribution in [0.2, 0.25) is 0 Å². The van der Waals surface area contributed by atoms with Crippen molar-refractivity contribution in [1.29, 1.82) is 0 Å². The fourth-order valence-electron chi connectivity index (χ4n) is 7.46. The summed E-state index contributed by atoms with van der Waals surface area (Å²) < 4.78 is 2.70. The third kappa shape index (κ3) is 2.63. The van der Waals surface area contributed by atoms with E-state index in [4.69, 9.17) is 0 Å². The third-order valence-electron chi connectivity index (χ3n) is 9.03. The molecule has 6 aromatic carbocycles. The number of fused-ring (bicyclic) bond motifs is 13. The van der Waals surface area contributed by atoms with Crippen LogP contribution in [-0.2, 0) is 5.41 Å². The van der Waals surface area contributed by atoms with Crippen LogP contribution >= 0.6 is 11.3 Å². The van der Waals surface area contributed by atoms with E-state index in [0.717, 1.165) is 0 Å². The van der Waals surface area contributed by atoms with Gasteiger partial charge in [0.15, 0.2) is 0 Å². The van der Waals surface area contributed by atoms with E-state index in [1.165, 1.54) is 81.4 Å². The van der Waals surface area contributed by atoms with Crippen LogP contribution in [0.4, 0.5) is 0 Å². The van der Waals surface area contributed by atoms with Gasteiger partial charge >= 0.3 is 0 Å². The molecule has 0 saturated heterocycles. The predicted molar refractivity (Wildman–Crippen MR) is 166 cm³/mol. The second-order valence-electron chi connectivity index (χ2n) is 10.9. The van der Waals surface area contributed by atoms with Gasteiger partial charge in [-0.2, -0.15) is 0 Å². The van der Waals surface area contributed by atoms with E-state index in [-0.39, 0.29) is 5.41 Å². The van der Waals surface area contributed by atoms with Gasteiger partial charge in [-0.25, -0.2) is 0 Å². The average Bonchev–Trinajstić information content (AvgIpc) is 3.61. The molecule has 1 unspecified atom stereocenters. The van der Waals surface area contributed by atoms with Gasteiger partial charge in [-0.15, -0.1) is 11.3 Å². The molecule has 2 aliphatic carbocycles. The lowest BCUT2D eigenvalue weighted by Gasteiger charge is -2.30. The van der Waals surface area contributed by atoms with Gasteiger partial charge < -0.3 is 0 Å². The lowest BCUT2D eigenvalue weighted by molar-refractivity contribution is 0.793. The minimum atomic E-state index is -0.306. The molecule has 0 nitrogen and oxygen atoms in total. The fraction of sp³-hybridized carbons (Fsp3) is 0.0526. The van der Waals surface area contributed by atoms with E-state index >= 15 is 0 Å². The molecule has 9 rings (SSSR count). The Labute approximate surface area is 231 Å². The lowest BCUT2D eigenvalue weighted by Crippen LogP contribution is -2.25. The van der Waals surface area contributed by atoms with Crippen molar-refractivity contribution in [2.75, 3.05) is 0 Å². The molecule has 7 aromatic rings. The Hall–Kier alpha value is -4.46. The van der Waals surface area contributed by atoms with Crippen molar-refractivity contribution < 1.29 is 0 Å². The Morgan fingerprint density at radius 2 is 1.10 bits per heavy atom. The Bertz CT molecular complexity index is 2140. The number of rotatable bonds is 1. The van der Waals surface area contributed by atoms with Crippen LogP contribution < -0.4 is 0 Å². The number of hydrogen-bond acceptors (Lipinski definition) is 1. The molecule has 0 aliphatic heterocycles. The highest BCUT2D eigenvalue weighted by Crippen LogP contribution is 2.63. The average molecular weight is 513 g/mol. The molecular weight excluding hydrogens is 488 g/mol. The van der Waals surface area contributed by atoms with E-state index in [0.29, 0.717) is 0 Å². The molecule has 0 fully saturated rings. The van der Waals surface area contributed by atoms with Crippen molar-refractivity contribution in [1.82, 2.24) is 0 Å². The summed E-state index contributed by atoms with van der Waals surface area (Å²) in [5, 5.41) is 2.69. The van der Waals surface area contributed by atoms with E-state index < -0.39 is 0 Å². The first kappa shape index (κ1) is 21.5. The van der Waals surface area contributed by atoms with E-state index in [2.05, 4.69) is 134 Å². The summed E-state index contributed by atoms with van der Waals surface area (Å²) >= 11 is 1.88. The highest BCUT2D eigenvalue weighted by atomic mass is 32.1. The van der Waals surface area contributed by atoms with Gasteiger partial charge in [0, 0.05) is 20.2 Å². The maximum atomic E-state index is 2.49. The zero-order chi connectivity index (χ0) is 25.7. The lowest BCUT2D eigenvalue weighted by atomic mass is 9.70. The Morgan fingerprint density at radius 3 is 2.00 bits per heavy atom. The number of thiophene rings is 1. The summed E-state index contributed by atoms with van der Waals surface area (Å²) in [6, 6.07) is 47.9. The molecule has 2 aliphatic rings. The topological polar surface area (TPSA) is 0 Å². The van der Waals surface area contributed by atoms with E-state index in [9.17, 15) is 0 Å². The normalized spacial score (nSPS) is 16.4. The largest absolute Gasteiger partial charge is 0.135 e. The molecule has 1 heterocycles. The van der Waals surface area contributed by atoms with Crippen LogP contribution in [0.5, 0.6) is 0 Å². The summed E-state index contributed by atoms with van der Waals surface area (Å²) in [5.41, 5.74) is 14.6. The van der Waals surface area contributed by atoms with Crippen LogP contribution in [0.25, 0.3) is 53.6 Å². The second-order valence-corrected chi connectivity index (χ2v) is 12.0. The van der Waals surface area contributed by atoms with Crippen LogP contribution in [0, 0.1) is 6.92 Å². The fourth-order valence-corrected chi connectivity index (χ4v) is 8.54. The van der Waals surface area contributed by atoms with Crippen molar-refractivity contribution in [2.24, 2.45) is 0 Å². The zero-order valence-electron chi connectivity index (χ0n) is 21.5. The Balaban J connectivity index is 1.36. The molecule has 0 N–H and O–H groups in total. The van der Waals surface area contributed by atoms with Gasteiger partial charge in [0.2, 0.25) is 0 Å². The molecule has 39 heavy (non-hydrogen) atoms. The minimum Gasteiger partial charge on any atom is -0.135 e. The van der Waals surface area contributed by atoms with Crippen LogP contribution in [0.3, 0.4) is 0 Å². The highest BCUT2D eigenvalue weighted by Gasteiger charge is 2.51. The van der Waals surface area contributed by atoms with Crippen LogP contribution in [0.1, 0.15) is 27.8 Å². The Kier molecular flexibility index (Phi) is 4.16. The van der Waals surface area contributed by atoms with Crippen molar-refractivity contribution >= 4 is 31.5 Å². The smallest absolute Gasteiger partial charge is 0.0725 e. The second kappa shape index (κ2) is 7.56. The van der Waals surface area contributed by atoms with Gasteiger partial charge in [0.05, 0.1) is 5.41 Å². The van der Waals surface area contributed by atoms with E-state index in [1.807, 2.05) is 11.3 Å². The van der Waals surface area contributed by atoms with Gasteiger partial charge in [-0.05, 0) is 92.4 Å². The maximum Gasteiger partial charge on any atom is 0.0725 e. The number of aryl methyl sites for hydroxylation is 1. The van der Waals surface area contributed by atoms with Gasteiger partial charge in [0.1, 0.15) is 0 Å². The SMILES string of the molecule is Cc1cccc2c1-c1ccccc1C21c2ccccc2-c2ccc(-c3ccc4sc5ccccc5c4c3)cc21. The van der Waals surface area contributed by atoms with E-state index in [1.54, 1.807) is 0 Å². The molecule has 0 bridgehead atoms. The standard InChI is InChI=1S/C38H24S/c1-23-9-8-15-33-37(23)29-12-3-6-14-32(29)38(33)31-13-5-2-10-26(31)27-19-17-25(22-34(27)38)24-18-20-36-30(21-24)28-11-4-7-16-35(28)39-36/h2-22H,1H3. The van der Waals surface area contributed by atoms with Gasteiger partial charge in [-0.3, -0.25) is 0 Å².